The fourth-order valence-corrected chi connectivity index (χ4v) is 3.62. The molecule has 1 aliphatic heterocycles. The second-order valence-electron chi connectivity index (χ2n) is 7.97. The van der Waals surface area contributed by atoms with Crippen molar-refractivity contribution in [3.05, 3.63) is 23.8 Å². The maximum Gasteiger partial charge on any atom is 0.254 e. The second-order valence-corrected chi connectivity index (χ2v) is 7.97. The van der Waals surface area contributed by atoms with Gasteiger partial charge in [0.1, 0.15) is 0 Å². The number of nitrogens with zero attached hydrogens (tertiary/aromatic N) is 2. The van der Waals surface area contributed by atoms with Crippen LogP contribution < -0.4 is 10.6 Å². The van der Waals surface area contributed by atoms with Gasteiger partial charge in [-0.2, -0.15) is 0 Å². The molecule has 0 bridgehead atoms. The fourth-order valence-electron chi connectivity index (χ4n) is 3.62. The molecular formula is C23H36N4O4. The maximum atomic E-state index is 13.4. The molecule has 1 saturated heterocycles. The van der Waals surface area contributed by atoms with Crippen LogP contribution in [0.1, 0.15) is 56.8 Å². The monoisotopic (exact) mass is 432 g/mol. The number of hydrogen-bond donors (Lipinski definition) is 2. The molecule has 0 radical (unpaired) electrons. The van der Waals surface area contributed by atoms with E-state index in [1.807, 2.05) is 4.90 Å². The van der Waals surface area contributed by atoms with Gasteiger partial charge in [0.25, 0.3) is 5.91 Å². The molecule has 1 aromatic rings. The minimum Gasteiger partial charge on any atom is -0.379 e. The predicted octanol–water partition coefficient (Wildman–Crippen LogP) is 2.96. The molecule has 0 atom stereocenters. The molecule has 1 aliphatic rings. The van der Waals surface area contributed by atoms with E-state index < -0.39 is 0 Å². The van der Waals surface area contributed by atoms with Gasteiger partial charge in [0.2, 0.25) is 11.8 Å². The molecule has 1 fully saturated rings. The third-order valence-corrected chi connectivity index (χ3v) is 5.18. The maximum absolute atomic E-state index is 13.4. The first kappa shape index (κ1) is 24.8. The van der Waals surface area contributed by atoms with Crippen LogP contribution in [0.2, 0.25) is 0 Å². The van der Waals surface area contributed by atoms with Gasteiger partial charge >= 0.3 is 0 Å². The average Bonchev–Trinajstić information content (AvgIpc) is 2.72. The molecule has 172 valence electrons. The highest BCUT2D eigenvalue weighted by Crippen LogP contribution is 2.21. The van der Waals surface area contributed by atoms with E-state index in [0.29, 0.717) is 30.0 Å². The van der Waals surface area contributed by atoms with E-state index in [2.05, 4.69) is 22.5 Å². The largest absolute Gasteiger partial charge is 0.379 e. The first-order valence-electron chi connectivity index (χ1n) is 11.2. The Kier molecular flexibility index (Phi) is 10.5. The van der Waals surface area contributed by atoms with Gasteiger partial charge < -0.3 is 20.3 Å². The lowest BCUT2D eigenvalue weighted by atomic mass is 10.1. The van der Waals surface area contributed by atoms with Gasteiger partial charge in [-0.05, 0) is 24.6 Å². The van der Waals surface area contributed by atoms with Gasteiger partial charge in [-0.25, -0.2) is 0 Å². The Labute approximate surface area is 185 Å². The normalized spacial score (nSPS) is 14.2. The number of anilines is 2. The number of hydrogen-bond acceptors (Lipinski definition) is 5. The molecule has 1 heterocycles. The number of morpholine rings is 1. The van der Waals surface area contributed by atoms with Crippen molar-refractivity contribution >= 4 is 29.1 Å². The number of unbranched alkanes of at least 4 members (excludes halogenated alkanes) is 3. The Morgan fingerprint density at radius 1 is 0.935 bits per heavy atom. The number of amides is 3. The van der Waals surface area contributed by atoms with Crippen LogP contribution in [-0.4, -0.2) is 73.5 Å². The molecule has 8 nitrogen and oxygen atoms in total. The molecule has 2 N–H and O–H groups in total. The van der Waals surface area contributed by atoms with E-state index in [-0.39, 0.29) is 17.7 Å². The van der Waals surface area contributed by atoms with Gasteiger partial charge in [-0.1, -0.05) is 26.2 Å². The third-order valence-electron chi connectivity index (χ3n) is 5.18. The lowest BCUT2D eigenvalue weighted by Gasteiger charge is -2.30. The van der Waals surface area contributed by atoms with Gasteiger partial charge in [-0.3, -0.25) is 19.3 Å². The summed E-state index contributed by atoms with van der Waals surface area (Å²) in [5.74, 6) is -0.562. The molecule has 0 aliphatic carbocycles. The summed E-state index contributed by atoms with van der Waals surface area (Å²) in [5.41, 5.74) is 1.43. The van der Waals surface area contributed by atoms with E-state index >= 15 is 0 Å². The van der Waals surface area contributed by atoms with Crippen LogP contribution in [0, 0.1) is 0 Å². The lowest BCUT2D eigenvalue weighted by molar-refractivity contribution is -0.115. The molecule has 3 amide bonds. The molecule has 0 aromatic heterocycles. The van der Waals surface area contributed by atoms with Gasteiger partial charge in [-0.15, -0.1) is 0 Å². The molecule has 31 heavy (non-hydrogen) atoms. The average molecular weight is 433 g/mol. The zero-order chi connectivity index (χ0) is 22.6. The highest BCUT2D eigenvalue weighted by molar-refractivity contribution is 6.00. The van der Waals surface area contributed by atoms with Crippen LogP contribution >= 0.6 is 0 Å². The van der Waals surface area contributed by atoms with Crippen LogP contribution in [0.15, 0.2) is 18.2 Å². The lowest BCUT2D eigenvalue weighted by Crippen LogP contribution is -2.43. The van der Waals surface area contributed by atoms with Gasteiger partial charge in [0.15, 0.2) is 0 Å². The first-order valence-corrected chi connectivity index (χ1v) is 11.2. The van der Waals surface area contributed by atoms with Crippen molar-refractivity contribution in [3.8, 4) is 0 Å². The summed E-state index contributed by atoms with van der Waals surface area (Å²) in [7, 11) is 0. The van der Waals surface area contributed by atoms with Crippen molar-refractivity contribution in [1.82, 2.24) is 9.80 Å². The number of carbonyl (C=O) groups is 3. The Hall–Kier alpha value is -2.45. The summed E-state index contributed by atoms with van der Waals surface area (Å²) in [4.78, 5) is 40.7. The number of benzene rings is 1. The van der Waals surface area contributed by atoms with Crippen molar-refractivity contribution in [3.63, 3.8) is 0 Å². The van der Waals surface area contributed by atoms with Crippen molar-refractivity contribution in [2.75, 3.05) is 56.6 Å². The van der Waals surface area contributed by atoms with Crippen LogP contribution in [0.4, 0.5) is 11.4 Å². The highest BCUT2D eigenvalue weighted by Gasteiger charge is 2.19. The SMILES string of the molecule is CCCCCCN(CCN1CCOCC1)C(=O)c1cc(NC(C)=O)cc(NC(C)=O)c1. The van der Waals surface area contributed by atoms with Crippen molar-refractivity contribution < 1.29 is 19.1 Å². The zero-order valence-electron chi connectivity index (χ0n) is 19.0. The summed E-state index contributed by atoms with van der Waals surface area (Å²) >= 11 is 0. The number of rotatable bonds is 11. The molecule has 0 unspecified atom stereocenters. The van der Waals surface area contributed by atoms with E-state index in [1.165, 1.54) is 13.8 Å². The summed E-state index contributed by atoms with van der Waals surface area (Å²) in [6, 6.07) is 4.99. The second kappa shape index (κ2) is 13.1. The molecule has 2 rings (SSSR count). The molecule has 0 spiro atoms. The Morgan fingerprint density at radius 2 is 1.55 bits per heavy atom. The van der Waals surface area contributed by atoms with E-state index in [1.54, 1.807) is 18.2 Å². The quantitative estimate of drug-likeness (QED) is 0.525. The van der Waals surface area contributed by atoms with Crippen LogP contribution in [0.25, 0.3) is 0 Å². The summed E-state index contributed by atoms with van der Waals surface area (Å²) in [6.45, 7) is 10.3. The zero-order valence-corrected chi connectivity index (χ0v) is 19.0. The highest BCUT2D eigenvalue weighted by atomic mass is 16.5. The molecule has 8 heteroatoms. The Balaban J connectivity index is 2.18. The third kappa shape index (κ3) is 9.06. The van der Waals surface area contributed by atoms with E-state index in [0.717, 1.165) is 58.5 Å². The summed E-state index contributed by atoms with van der Waals surface area (Å²) in [5, 5.41) is 5.43. The minimum atomic E-state index is -0.234. The Bertz CT molecular complexity index is 713. The first-order chi connectivity index (χ1) is 14.9. The summed E-state index contributed by atoms with van der Waals surface area (Å²) in [6.07, 6.45) is 4.32. The number of nitrogens with one attached hydrogen (secondary N) is 2. The fraction of sp³-hybridized carbons (Fsp3) is 0.609. The number of ether oxygens (including phenoxy) is 1. The Morgan fingerprint density at radius 3 is 2.10 bits per heavy atom. The van der Waals surface area contributed by atoms with E-state index in [9.17, 15) is 14.4 Å². The van der Waals surface area contributed by atoms with Gasteiger partial charge in [0, 0.05) is 63.5 Å². The van der Waals surface area contributed by atoms with Gasteiger partial charge in [0.05, 0.1) is 13.2 Å². The molecular weight excluding hydrogens is 396 g/mol. The minimum absolute atomic E-state index is 0.0939. The molecule has 0 saturated carbocycles. The van der Waals surface area contributed by atoms with E-state index in [4.69, 9.17) is 4.74 Å². The standard InChI is InChI=1S/C23H36N4O4/c1-4-5-6-7-8-27(10-9-26-11-13-31-14-12-26)23(30)20-15-21(24-18(2)28)17-22(16-20)25-19(3)29/h15-17H,4-14H2,1-3H3,(H,24,28)(H,25,29). The van der Waals surface area contributed by atoms with Crippen molar-refractivity contribution in [1.29, 1.82) is 0 Å². The van der Waals surface area contributed by atoms with Crippen molar-refractivity contribution in [2.24, 2.45) is 0 Å². The summed E-state index contributed by atoms with van der Waals surface area (Å²) < 4.78 is 5.41. The van der Waals surface area contributed by atoms with Crippen LogP contribution in [-0.2, 0) is 14.3 Å². The smallest absolute Gasteiger partial charge is 0.254 e. The molecule has 1 aromatic carbocycles. The van der Waals surface area contributed by atoms with Crippen molar-refractivity contribution in [2.45, 2.75) is 46.5 Å². The topological polar surface area (TPSA) is 91.0 Å². The number of carbonyl (C=O) groups excluding carboxylic acids is 3. The predicted molar refractivity (Wildman–Crippen MR) is 122 cm³/mol. The van der Waals surface area contributed by atoms with Crippen LogP contribution in [0.5, 0.6) is 0 Å². The van der Waals surface area contributed by atoms with Crippen LogP contribution in [0.3, 0.4) is 0 Å².